The van der Waals surface area contributed by atoms with Crippen LogP contribution in [0, 0.1) is 5.82 Å². The molecule has 0 fully saturated rings. The standard InChI is InChI=1S/C13H4BrCl4FO/c14-7-2-1-5(19)3-6(7)13(20)10-8(15)4-9(16)11(17)12(10)18/h1-4H. The lowest BCUT2D eigenvalue weighted by Gasteiger charge is -2.10. The van der Waals surface area contributed by atoms with Gasteiger partial charge in [0.05, 0.1) is 25.7 Å². The smallest absolute Gasteiger partial charge is 0.197 e. The van der Waals surface area contributed by atoms with E-state index in [0.717, 1.165) is 6.07 Å². The van der Waals surface area contributed by atoms with Gasteiger partial charge in [-0.1, -0.05) is 62.3 Å². The molecule has 0 radical (unpaired) electrons. The second kappa shape index (κ2) is 6.20. The van der Waals surface area contributed by atoms with Crippen molar-refractivity contribution in [2.75, 3.05) is 0 Å². The molecule has 0 atom stereocenters. The molecule has 2 aromatic rings. The maximum atomic E-state index is 13.3. The maximum absolute atomic E-state index is 13.3. The van der Waals surface area contributed by atoms with Gasteiger partial charge in [0, 0.05) is 10.0 Å². The van der Waals surface area contributed by atoms with Crippen LogP contribution in [0.2, 0.25) is 20.1 Å². The first-order valence-electron chi connectivity index (χ1n) is 5.15. The first-order valence-corrected chi connectivity index (χ1v) is 7.46. The fourth-order valence-electron chi connectivity index (χ4n) is 1.58. The van der Waals surface area contributed by atoms with Crippen molar-refractivity contribution in [1.29, 1.82) is 0 Å². The van der Waals surface area contributed by atoms with Crippen LogP contribution in [-0.2, 0) is 0 Å². The van der Waals surface area contributed by atoms with Gasteiger partial charge in [-0.05, 0) is 24.3 Å². The van der Waals surface area contributed by atoms with Gasteiger partial charge in [-0.2, -0.15) is 0 Å². The molecule has 0 saturated carbocycles. The van der Waals surface area contributed by atoms with Gasteiger partial charge in [-0.3, -0.25) is 4.79 Å². The van der Waals surface area contributed by atoms with Crippen molar-refractivity contribution in [2.45, 2.75) is 0 Å². The number of carbonyl (C=O) groups is 1. The number of hydrogen-bond acceptors (Lipinski definition) is 1. The third kappa shape index (κ3) is 2.97. The van der Waals surface area contributed by atoms with Crippen LogP contribution < -0.4 is 0 Å². The Bertz CT molecular complexity index is 718. The van der Waals surface area contributed by atoms with Gasteiger partial charge in [-0.25, -0.2) is 4.39 Å². The molecule has 0 N–H and O–H groups in total. The van der Waals surface area contributed by atoms with E-state index in [-0.39, 0.29) is 31.2 Å². The van der Waals surface area contributed by atoms with Crippen molar-refractivity contribution < 1.29 is 9.18 Å². The second-order valence-electron chi connectivity index (χ2n) is 3.80. The molecule has 2 aromatic carbocycles. The molecule has 0 unspecified atom stereocenters. The van der Waals surface area contributed by atoms with E-state index < -0.39 is 11.6 Å². The molecule has 0 heterocycles. The zero-order valence-electron chi connectivity index (χ0n) is 9.49. The molecule has 0 aliphatic rings. The molecule has 7 heteroatoms. The van der Waals surface area contributed by atoms with E-state index in [1.807, 2.05) is 0 Å². The highest BCUT2D eigenvalue weighted by Gasteiger charge is 2.23. The lowest BCUT2D eigenvalue weighted by molar-refractivity contribution is 0.103. The summed E-state index contributed by atoms with van der Waals surface area (Å²) in [5, 5.41) is 0.140. The summed E-state index contributed by atoms with van der Waals surface area (Å²) in [7, 11) is 0. The molecular formula is C13H4BrCl4FO. The average molecular weight is 417 g/mol. The van der Waals surface area contributed by atoms with Gasteiger partial charge in [0.15, 0.2) is 5.78 Å². The third-order valence-electron chi connectivity index (χ3n) is 2.51. The van der Waals surface area contributed by atoms with Crippen molar-refractivity contribution in [3.05, 3.63) is 65.8 Å². The van der Waals surface area contributed by atoms with E-state index in [1.165, 1.54) is 18.2 Å². The fraction of sp³-hybridized carbons (Fsp3) is 0. The molecule has 104 valence electrons. The SMILES string of the molecule is O=C(c1cc(F)ccc1Br)c1c(Cl)cc(Cl)c(Cl)c1Cl. The van der Waals surface area contributed by atoms with Crippen LogP contribution in [0.15, 0.2) is 28.7 Å². The lowest BCUT2D eigenvalue weighted by atomic mass is 10.0. The maximum Gasteiger partial charge on any atom is 0.197 e. The Balaban J connectivity index is 2.66. The minimum Gasteiger partial charge on any atom is -0.288 e. The van der Waals surface area contributed by atoms with Gasteiger partial charge < -0.3 is 0 Å². The molecule has 1 nitrogen and oxygen atoms in total. The zero-order valence-corrected chi connectivity index (χ0v) is 14.1. The molecule has 0 aromatic heterocycles. The average Bonchev–Trinajstić information content (AvgIpc) is 2.39. The van der Waals surface area contributed by atoms with E-state index in [4.69, 9.17) is 46.4 Å². The van der Waals surface area contributed by atoms with Gasteiger partial charge in [0.2, 0.25) is 0 Å². The van der Waals surface area contributed by atoms with Gasteiger partial charge in [-0.15, -0.1) is 0 Å². The molecule has 20 heavy (non-hydrogen) atoms. The van der Waals surface area contributed by atoms with E-state index in [2.05, 4.69) is 15.9 Å². The Hall–Kier alpha value is -0.320. The number of ketones is 1. The minimum absolute atomic E-state index is 0.0194. The Labute approximate surface area is 142 Å². The molecule has 0 amide bonds. The van der Waals surface area contributed by atoms with Crippen molar-refractivity contribution >= 4 is 68.1 Å². The molecule has 0 aliphatic carbocycles. The van der Waals surface area contributed by atoms with Crippen LogP contribution in [0.5, 0.6) is 0 Å². The Morgan fingerprint density at radius 2 is 1.65 bits per heavy atom. The summed E-state index contributed by atoms with van der Waals surface area (Å²) in [4.78, 5) is 12.5. The van der Waals surface area contributed by atoms with E-state index in [9.17, 15) is 9.18 Å². The quantitative estimate of drug-likeness (QED) is 0.313. The van der Waals surface area contributed by atoms with Crippen LogP contribution in [0.25, 0.3) is 0 Å². The topological polar surface area (TPSA) is 17.1 Å². The summed E-state index contributed by atoms with van der Waals surface area (Å²) in [6.07, 6.45) is 0. The van der Waals surface area contributed by atoms with Crippen LogP contribution in [-0.4, -0.2) is 5.78 Å². The monoisotopic (exact) mass is 414 g/mol. The summed E-state index contributed by atoms with van der Waals surface area (Å²) in [6.45, 7) is 0. The van der Waals surface area contributed by atoms with Crippen molar-refractivity contribution in [3.63, 3.8) is 0 Å². The summed E-state index contributed by atoms with van der Waals surface area (Å²) in [6, 6.07) is 5.04. The largest absolute Gasteiger partial charge is 0.288 e. The molecule has 0 spiro atoms. The Kier molecular flexibility index (Phi) is 4.98. The predicted molar refractivity (Wildman–Crippen MR) is 84.0 cm³/mol. The molecule has 2 rings (SSSR count). The predicted octanol–water partition coefficient (Wildman–Crippen LogP) is 6.43. The summed E-state index contributed by atoms with van der Waals surface area (Å²) >= 11 is 26.9. The highest BCUT2D eigenvalue weighted by atomic mass is 79.9. The number of halogens is 6. The van der Waals surface area contributed by atoms with E-state index in [1.54, 1.807) is 0 Å². The molecule has 0 bridgehead atoms. The third-order valence-corrected chi connectivity index (χ3v) is 4.77. The zero-order chi connectivity index (χ0) is 15.0. The summed E-state index contributed by atoms with van der Waals surface area (Å²) < 4.78 is 13.7. The summed E-state index contributed by atoms with van der Waals surface area (Å²) in [5.41, 5.74) is 0.0706. The van der Waals surface area contributed by atoms with Crippen LogP contribution >= 0.6 is 62.3 Å². The van der Waals surface area contributed by atoms with Crippen LogP contribution in [0.1, 0.15) is 15.9 Å². The van der Waals surface area contributed by atoms with E-state index >= 15 is 0 Å². The number of rotatable bonds is 2. The van der Waals surface area contributed by atoms with Crippen molar-refractivity contribution in [3.8, 4) is 0 Å². The van der Waals surface area contributed by atoms with Gasteiger partial charge >= 0.3 is 0 Å². The van der Waals surface area contributed by atoms with Crippen LogP contribution in [0.4, 0.5) is 4.39 Å². The Morgan fingerprint density at radius 1 is 1.00 bits per heavy atom. The molecular weight excluding hydrogens is 413 g/mol. The normalized spacial score (nSPS) is 10.7. The van der Waals surface area contributed by atoms with E-state index in [0.29, 0.717) is 4.47 Å². The highest BCUT2D eigenvalue weighted by Crippen LogP contribution is 2.39. The van der Waals surface area contributed by atoms with Gasteiger partial charge in [0.1, 0.15) is 5.82 Å². The summed E-state index contributed by atoms with van der Waals surface area (Å²) in [5.74, 6) is -1.10. The van der Waals surface area contributed by atoms with Crippen molar-refractivity contribution in [2.24, 2.45) is 0 Å². The second-order valence-corrected chi connectivity index (χ2v) is 6.22. The number of carbonyl (C=O) groups excluding carboxylic acids is 1. The van der Waals surface area contributed by atoms with Crippen LogP contribution in [0.3, 0.4) is 0 Å². The lowest BCUT2D eigenvalue weighted by Crippen LogP contribution is -2.05. The highest BCUT2D eigenvalue weighted by molar-refractivity contribution is 9.10. The number of benzene rings is 2. The Morgan fingerprint density at radius 3 is 2.30 bits per heavy atom. The first-order chi connectivity index (χ1) is 9.32. The molecule has 0 aliphatic heterocycles. The van der Waals surface area contributed by atoms with Gasteiger partial charge in [0.25, 0.3) is 0 Å². The number of hydrogen-bond donors (Lipinski definition) is 0. The van der Waals surface area contributed by atoms with Crippen molar-refractivity contribution in [1.82, 2.24) is 0 Å². The fourth-order valence-corrected chi connectivity index (χ4v) is 3.09. The first kappa shape index (κ1) is 16.1. The minimum atomic E-state index is -0.552. The molecule has 0 saturated heterocycles.